The third-order valence-corrected chi connectivity index (χ3v) is 3.89. The average Bonchev–Trinajstić information content (AvgIpc) is 3.20. The van der Waals surface area contributed by atoms with Crippen molar-refractivity contribution in [3.63, 3.8) is 0 Å². The number of ketones is 1. The molecule has 5 nitrogen and oxygen atoms in total. The maximum absolute atomic E-state index is 12.1. The average molecular weight is 333 g/mol. The first kappa shape index (κ1) is 16.6. The summed E-state index contributed by atoms with van der Waals surface area (Å²) in [6.45, 7) is 0.397. The molecule has 0 saturated carbocycles. The highest BCUT2D eigenvalue weighted by molar-refractivity contribution is 5.97. The summed E-state index contributed by atoms with van der Waals surface area (Å²) in [5.41, 5.74) is 2.53. The lowest BCUT2D eigenvalue weighted by atomic mass is 10.1. The monoisotopic (exact) mass is 333 g/mol. The minimum Gasteiger partial charge on any atom is -0.352 e. The highest BCUT2D eigenvalue weighted by Crippen LogP contribution is 2.13. The Balaban J connectivity index is 1.54. The van der Waals surface area contributed by atoms with Gasteiger partial charge in [0.05, 0.1) is 5.69 Å². The number of nitrogens with one attached hydrogen (secondary N) is 1. The number of hydrogen-bond acceptors (Lipinski definition) is 3. The summed E-state index contributed by atoms with van der Waals surface area (Å²) in [5.74, 6) is -0.160. The van der Waals surface area contributed by atoms with Crippen LogP contribution in [0.5, 0.6) is 0 Å². The number of para-hydroxylation sites is 1. The van der Waals surface area contributed by atoms with Crippen LogP contribution in [-0.2, 0) is 11.3 Å². The molecular weight excluding hydrogens is 314 g/mol. The fourth-order valence-electron chi connectivity index (χ4n) is 2.57. The van der Waals surface area contributed by atoms with Crippen LogP contribution in [-0.4, -0.2) is 21.5 Å². The van der Waals surface area contributed by atoms with Gasteiger partial charge in [-0.2, -0.15) is 5.10 Å². The van der Waals surface area contributed by atoms with E-state index >= 15 is 0 Å². The van der Waals surface area contributed by atoms with Gasteiger partial charge in [-0.25, -0.2) is 4.68 Å². The third-order valence-electron chi connectivity index (χ3n) is 3.89. The van der Waals surface area contributed by atoms with Crippen molar-refractivity contribution in [3.8, 4) is 5.69 Å². The fourth-order valence-corrected chi connectivity index (χ4v) is 2.57. The van der Waals surface area contributed by atoms with Crippen molar-refractivity contribution in [1.29, 1.82) is 0 Å². The van der Waals surface area contributed by atoms with E-state index in [0.717, 1.165) is 11.3 Å². The Labute approximate surface area is 146 Å². The molecule has 3 aromatic rings. The van der Waals surface area contributed by atoms with Crippen LogP contribution in [0.15, 0.2) is 73.1 Å². The van der Waals surface area contributed by atoms with E-state index in [1.807, 2.05) is 54.7 Å². The van der Waals surface area contributed by atoms with Gasteiger partial charge in [0.25, 0.3) is 0 Å². The second kappa shape index (κ2) is 8.06. The zero-order valence-corrected chi connectivity index (χ0v) is 13.8. The van der Waals surface area contributed by atoms with Crippen LogP contribution in [0.1, 0.15) is 28.8 Å². The normalized spacial score (nSPS) is 10.4. The lowest BCUT2D eigenvalue weighted by Gasteiger charge is -2.10. The highest BCUT2D eigenvalue weighted by atomic mass is 16.2. The summed E-state index contributed by atoms with van der Waals surface area (Å²) in [6.07, 6.45) is 3.96. The molecule has 5 heteroatoms. The van der Waals surface area contributed by atoms with Crippen LogP contribution in [0, 0.1) is 0 Å². The number of hydrogen-bond donors (Lipinski definition) is 1. The van der Waals surface area contributed by atoms with E-state index in [0.29, 0.717) is 12.1 Å². The smallest absolute Gasteiger partial charge is 0.220 e. The van der Waals surface area contributed by atoms with Crippen LogP contribution in [0.4, 0.5) is 0 Å². The van der Waals surface area contributed by atoms with E-state index < -0.39 is 0 Å². The summed E-state index contributed by atoms with van der Waals surface area (Å²) in [4.78, 5) is 24.1. The van der Waals surface area contributed by atoms with Gasteiger partial charge < -0.3 is 5.32 Å². The maximum Gasteiger partial charge on any atom is 0.220 e. The first-order valence-corrected chi connectivity index (χ1v) is 8.17. The predicted molar refractivity (Wildman–Crippen MR) is 95.4 cm³/mol. The van der Waals surface area contributed by atoms with E-state index in [4.69, 9.17) is 0 Å². The SMILES string of the molecule is O=C(CCC(=O)c1ccccc1)NCc1ccccc1-n1cccn1. The first-order chi connectivity index (χ1) is 12.2. The molecule has 0 spiro atoms. The topological polar surface area (TPSA) is 64.0 Å². The standard InChI is InChI=1S/C20H19N3O2/c24-19(16-7-2-1-3-8-16)11-12-20(25)21-15-17-9-4-5-10-18(17)23-14-6-13-22-23/h1-10,13-14H,11-12,15H2,(H,21,25). The van der Waals surface area contributed by atoms with Crippen LogP contribution >= 0.6 is 0 Å². The van der Waals surface area contributed by atoms with E-state index in [9.17, 15) is 9.59 Å². The number of amides is 1. The van der Waals surface area contributed by atoms with Crippen molar-refractivity contribution in [1.82, 2.24) is 15.1 Å². The van der Waals surface area contributed by atoms with Crippen molar-refractivity contribution in [2.45, 2.75) is 19.4 Å². The third kappa shape index (κ3) is 4.41. The Morgan fingerprint density at radius 3 is 2.44 bits per heavy atom. The quantitative estimate of drug-likeness (QED) is 0.676. The molecule has 0 bridgehead atoms. The van der Waals surface area contributed by atoms with Crippen LogP contribution in [0.3, 0.4) is 0 Å². The van der Waals surface area contributed by atoms with Crippen LogP contribution in [0.2, 0.25) is 0 Å². The minimum absolute atomic E-state index is 0.0207. The molecule has 25 heavy (non-hydrogen) atoms. The lowest BCUT2D eigenvalue weighted by molar-refractivity contribution is -0.121. The van der Waals surface area contributed by atoms with Crippen molar-refractivity contribution in [2.24, 2.45) is 0 Å². The van der Waals surface area contributed by atoms with Gasteiger partial charge in [0, 0.05) is 37.3 Å². The summed E-state index contributed by atoms with van der Waals surface area (Å²) in [7, 11) is 0. The van der Waals surface area contributed by atoms with E-state index in [1.165, 1.54) is 0 Å². The Morgan fingerprint density at radius 1 is 0.920 bits per heavy atom. The van der Waals surface area contributed by atoms with Crippen molar-refractivity contribution in [3.05, 3.63) is 84.2 Å². The number of benzene rings is 2. The summed E-state index contributed by atoms with van der Waals surface area (Å²) in [6, 6.07) is 18.6. The van der Waals surface area contributed by atoms with Gasteiger partial charge in [-0.05, 0) is 17.7 Å². The number of carbonyl (C=O) groups is 2. The number of aromatic nitrogens is 2. The molecule has 1 aromatic heterocycles. The maximum atomic E-state index is 12.1. The molecule has 3 rings (SSSR count). The number of nitrogens with zero attached hydrogens (tertiary/aromatic N) is 2. The molecule has 0 saturated heterocycles. The lowest BCUT2D eigenvalue weighted by Crippen LogP contribution is -2.24. The van der Waals surface area contributed by atoms with E-state index in [1.54, 1.807) is 23.0 Å². The summed E-state index contributed by atoms with van der Waals surface area (Å²) in [5, 5.41) is 7.10. The van der Waals surface area contributed by atoms with Crippen molar-refractivity contribution < 1.29 is 9.59 Å². The molecule has 0 unspecified atom stereocenters. The Hall–Kier alpha value is -3.21. The molecule has 2 aromatic carbocycles. The zero-order valence-electron chi connectivity index (χ0n) is 13.8. The molecule has 1 heterocycles. The van der Waals surface area contributed by atoms with Crippen molar-refractivity contribution >= 4 is 11.7 Å². The first-order valence-electron chi connectivity index (χ1n) is 8.17. The molecule has 1 N–H and O–H groups in total. The van der Waals surface area contributed by atoms with Gasteiger partial charge in [0.1, 0.15) is 0 Å². The molecule has 126 valence electrons. The molecule has 0 aliphatic carbocycles. The molecule has 0 aliphatic heterocycles. The van der Waals surface area contributed by atoms with Gasteiger partial charge in [-0.3, -0.25) is 9.59 Å². The van der Waals surface area contributed by atoms with Crippen molar-refractivity contribution in [2.75, 3.05) is 0 Å². The summed E-state index contributed by atoms with van der Waals surface area (Å²) < 4.78 is 1.76. The minimum atomic E-state index is -0.139. The molecule has 0 aliphatic rings. The molecule has 0 atom stereocenters. The van der Waals surface area contributed by atoms with Gasteiger partial charge in [-0.15, -0.1) is 0 Å². The predicted octanol–water partition coefficient (Wildman–Crippen LogP) is 3.15. The van der Waals surface area contributed by atoms with Gasteiger partial charge in [-0.1, -0.05) is 48.5 Å². The van der Waals surface area contributed by atoms with Gasteiger partial charge in [0.15, 0.2) is 5.78 Å². The number of carbonyl (C=O) groups excluding carboxylic acids is 2. The number of Topliss-reactive ketones (excluding diaryl/α,β-unsaturated/α-hetero) is 1. The Morgan fingerprint density at radius 2 is 1.68 bits per heavy atom. The molecular formula is C20H19N3O2. The number of rotatable bonds is 7. The van der Waals surface area contributed by atoms with Crippen LogP contribution < -0.4 is 5.32 Å². The molecule has 0 radical (unpaired) electrons. The van der Waals surface area contributed by atoms with E-state index in [2.05, 4.69) is 10.4 Å². The largest absolute Gasteiger partial charge is 0.352 e. The van der Waals surface area contributed by atoms with Gasteiger partial charge >= 0.3 is 0 Å². The Bertz CT molecular complexity index is 842. The molecule has 0 fully saturated rings. The second-order valence-corrected chi connectivity index (χ2v) is 5.65. The molecule has 1 amide bonds. The van der Waals surface area contributed by atoms with E-state index in [-0.39, 0.29) is 24.5 Å². The van der Waals surface area contributed by atoms with Gasteiger partial charge in [0.2, 0.25) is 5.91 Å². The Kier molecular flexibility index (Phi) is 5.36. The zero-order chi connectivity index (χ0) is 17.5. The summed E-state index contributed by atoms with van der Waals surface area (Å²) >= 11 is 0. The van der Waals surface area contributed by atoms with Crippen LogP contribution in [0.25, 0.3) is 5.69 Å². The fraction of sp³-hybridized carbons (Fsp3) is 0.150. The second-order valence-electron chi connectivity index (χ2n) is 5.65. The highest BCUT2D eigenvalue weighted by Gasteiger charge is 2.10.